The number of benzene rings is 2. The second-order valence-corrected chi connectivity index (χ2v) is 6.33. The second-order valence-electron chi connectivity index (χ2n) is 5.51. The third-order valence-electron chi connectivity index (χ3n) is 3.83. The molecule has 4 aromatic rings. The number of pyridine rings is 1. The number of fused-ring (bicyclic) bond motifs is 1. The van der Waals surface area contributed by atoms with Gasteiger partial charge in [0.25, 0.3) is 5.91 Å². The third-order valence-corrected chi connectivity index (χ3v) is 4.56. The molecule has 1 N–H and O–H groups in total. The molecule has 128 valence electrons. The molecule has 0 saturated heterocycles. The van der Waals surface area contributed by atoms with Gasteiger partial charge in [-0.3, -0.25) is 10.2 Å². The van der Waals surface area contributed by atoms with Crippen LogP contribution in [0.3, 0.4) is 0 Å². The molecular formula is C18H11Cl2N5O. The first-order valence-electron chi connectivity index (χ1n) is 7.63. The Bertz CT molecular complexity index is 1110. The van der Waals surface area contributed by atoms with Crippen LogP contribution in [0.25, 0.3) is 22.2 Å². The van der Waals surface area contributed by atoms with Crippen LogP contribution in [-0.2, 0) is 0 Å². The molecule has 0 radical (unpaired) electrons. The smallest absolute Gasteiger partial charge is 0.267 e. The Morgan fingerprint density at radius 2 is 1.73 bits per heavy atom. The van der Waals surface area contributed by atoms with E-state index in [-0.39, 0.29) is 5.91 Å². The molecule has 0 bridgehead atoms. The van der Waals surface area contributed by atoms with Gasteiger partial charge in [-0.2, -0.15) is 0 Å². The minimum absolute atomic E-state index is 0.301. The highest BCUT2D eigenvalue weighted by molar-refractivity contribution is 6.42. The van der Waals surface area contributed by atoms with Gasteiger partial charge in [0.05, 0.1) is 26.8 Å². The molecule has 2 aromatic heterocycles. The highest BCUT2D eigenvalue weighted by Crippen LogP contribution is 2.30. The average molecular weight is 384 g/mol. The van der Waals surface area contributed by atoms with E-state index in [0.717, 1.165) is 10.9 Å². The number of carbonyl (C=O) groups is 1. The number of rotatable bonds is 3. The quantitative estimate of drug-likeness (QED) is 0.575. The number of halogens is 2. The van der Waals surface area contributed by atoms with Crippen LogP contribution in [0.2, 0.25) is 10.0 Å². The zero-order valence-electron chi connectivity index (χ0n) is 13.2. The molecule has 0 aliphatic rings. The largest absolute Gasteiger partial charge is 0.270 e. The molecule has 0 atom stereocenters. The van der Waals surface area contributed by atoms with Gasteiger partial charge in [0.2, 0.25) is 0 Å². The van der Waals surface area contributed by atoms with Crippen LogP contribution >= 0.6 is 23.2 Å². The van der Waals surface area contributed by atoms with Crippen LogP contribution in [0, 0.1) is 0 Å². The fourth-order valence-corrected chi connectivity index (χ4v) is 2.90. The Kier molecular flexibility index (Phi) is 4.28. The number of nitrogens with zero attached hydrogens (tertiary/aromatic N) is 4. The molecule has 4 rings (SSSR count). The Hall–Kier alpha value is -2.96. The summed E-state index contributed by atoms with van der Waals surface area (Å²) in [6, 6.07) is 14.4. The summed E-state index contributed by atoms with van der Waals surface area (Å²) in [5.74, 6) is -0.301. The summed E-state index contributed by atoms with van der Waals surface area (Å²) in [4.78, 5) is 17.4. The van der Waals surface area contributed by atoms with Crippen LogP contribution in [-0.4, -0.2) is 25.8 Å². The van der Waals surface area contributed by atoms with Crippen molar-refractivity contribution in [2.45, 2.75) is 0 Å². The maximum atomic E-state index is 12.8. The number of para-hydroxylation sites is 1. The van der Waals surface area contributed by atoms with Gasteiger partial charge < -0.3 is 0 Å². The van der Waals surface area contributed by atoms with Crippen molar-refractivity contribution in [3.8, 4) is 11.3 Å². The van der Waals surface area contributed by atoms with E-state index >= 15 is 0 Å². The van der Waals surface area contributed by atoms with Crippen LogP contribution in [0.5, 0.6) is 0 Å². The fourth-order valence-electron chi connectivity index (χ4n) is 2.60. The van der Waals surface area contributed by atoms with Crippen molar-refractivity contribution in [2.75, 3.05) is 5.43 Å². The molecule has 26 heavy (non-hydrogen) atoms. The predicted molar refractivity (Wildman–Crippen MR) is 101 cm³/mol. The van der Waals surface area contributed by atoms with Crippen molar-refractivity contribution in [3.05, 3.63) is 76.8 Å². The number of carbonyl (C=O) groups excluding carboxylic acids is 1. The zero-order chi connectivity index (χ0) is 18.1. The fraction of sp³-hybridized carbons (Fsp3) is 0. The lowest BCUT2D eigenvalue weighted by Crippen LogP contribution is -2.22. The van der Waals surface area contributed by atoms with Crippen molar-refractivity contribution >= 4 is 40.0 Å². The summed E-state index contributed by atoms with van der Waals surface area (Å²) in [5.41, 5.74) is 5.27. The molecule has 0 aliphatic heterocycles. The molecule has 2 aromatic carbocycles. The molecule has 2 heterocycles. The first-order valence-corrected chi connectivity index (χ1v) is 8.38. The van der Waals surface area contributed by atoms with E-state index < -0.39 is 0 Å². The van der Waals surface area contributed by atoms with Gasteiger partial charge in [-0.15, -0.1) is 10.2 Å². The van der Waals surface area contributed by atoms with Crippen molar-refractivity contribution in [1.82, 2.24) is 19.9 Å². The third kappa shape index (κ3) is 3.12. The van der Waals surface area contributed by atoms with E-state index in [1.165, 1.54) is 17.3 Å². The molecule has 0 aliphatic carbocycles. The van der Waals surface area contributed by atoms with Crippen LogP contribution in [0.1, 0.15) is 10.4 Å². The van der Waals surface area contributed by atoms with E-state index in [1.54, 1.807) is 18.2 Å². The average Bonchev–Trinajstić information content (AvgIpc) is 3.16. The Balaban J connectivity index is 1.85. The van der Waals surface area contributed by atoms with E-state index in [0.29, 0.717) is 26.8 Å². The molecular weight excluding hydrogens is 373 g/mol. The lowest BCUT2D eigenvalue weighted by molar-refractivity contribution is 0.101. The first-order chi connectivity index (χ1) is 12.6. The second kappa shape index (κ2) is 6.74. The van der Waals surface area contributed by atoms with Crippen molar-refractivity contribution in [2.24, 2.45) is 0 Å². The summed E-state index contributed by atoms with van der Waals surface area (Å²) < 4.78 is 1.39. The summed E-state index contributed by atoms with van der Waals surface area (Å²) in [5, 5.41) is 8.97. The van der Waals surface area contributed by atoms with Crippen LogP contribution in [0.4, 0.5) is 0 Å². The van der Waals surface area contributed by atoms with Crippen molar-refractivity contribution in [1.29, 1.82) is 0 Å². The van der Waals surface area contributed by atoms with Gasteiger partial charge in [-0.25, -0.2) is 9.66 Å². The highest BCUT2D eigenvalue weighted by atomic mass is 35.5. The zero-order valence-corrected chi connectivity index (χ0v) is 14.7. The van der Waals surface area contributed by atoms with E-state index in [9.17, 15) is 4.79 Å². The van der Waals surface area contributed by atoms with E-state index in [4.69, 9.17) is 23.2 Å². The van der Waals surface area contributed by atoms with Crippen molar-refractivity contribution < 1.29 is 4.79 Å². The van der Waals surface area contributed by atoms with E-state index in [2.05, 4.69) is 20.6 Å². The Morgan fingerprint density at radius 3 is 2.50 bits per heavy atom. The molecule has 0 fully saturated rings. The standard InChI is InChI=1S/C18H11Cl2N5O/c19-14-6-5-11(7-15(14)20)17-8-13(12-3-1-2-4-16(12)23-17)18(26)24-25-9-21-22-10-25/h1-10H,(H,24,26). The molecule has 1 amide bonds. The number of amides is 1. The monoisotopic (exact) mass is 383 g/mol. The SMILES string of the molecule is O=C(Nn1cnnc1)c1cc(-c2ccc(Cl)c(Cl)c2)nc2ccccc12. The molecule has 8 heteroatoms. The first kappa shape index (κ1) is 16.5. The van der Waals surface area contributed by atoms with Crippen LogP contribution < -0.4 is 5.43 Å². The molecule has 6 nitrogen and oxygen atoms in total. The summed E-state index contributed by atoms with van der Waals surface area (Å²) in [6.45, 7) is 0. The van der Waals surface area contributed by atoms with Gasteiger partial charge in [0, 0.05) is 10.9 Å². The molecule has 0 saturated carbocycles. The van der Waals surface area contributed by atoms with Crippen LogP contribution in [0.15, 0.2) is 61.2 Å². The van der Waals surface area contributed by atoms with Gasteiger partial charge in [0.15, 0.2) is 0 Å². The van der Waals surface area contributed by atoms with Gasteiger partial charge in [0.1, 0.15) is 12.7 Å². The number of aromatic nitrogens is 4. The Labute approximate surface area is 158 Å². The predicted octanol–water partition coefficient (Wildman–Crippen LogP) is 4.18. The maximum Gasteiger partial charge on any atom is 0.270 e. The lowest BCUT2D eigenvalue weighted by Gasteiger charge is -2.11. The summed E-state index contributed by atoms with van der Waals surface area (Å²) in [7, 11) is 0. The topological polar surface area (TPSA) is 72.7 Å². The van der Waals surface area contributed by atoms with Crippen molar-refractivity contribution in [3.63, 3.8) is 0 Å². The Morgan fingerprint density at radius 1 is 0.962 bits per heavy atom. The molecule has 0 spiro atoms. The van der Waals surface area contributed by atoms with Gasteiger partial charge >= 0.3 is 0 Å². The minimum atomic E-state index is -0.301. The highest BCUT2D eigenvalue weighted by Gasteiger charge is 2.15. The number of hydrogen-bond acceptors (Lipinski definition) is 4. The normalized spacial score (nSPS) is 10.8. The van der Waals surface area contributed by atoms with E-state index in [1.807, 2.05) is 30.3 Å². The van der Waals surface area contributed by atoms with Gasteiger partial charge in [-0.1, -0.05) is 47.5 Å². The number of hydrogen-bond donors (Lipinski definition) is 1. The number of nitrogens with one attached hydrogen (secondary N) is 1. The van der Waals surface area contributed by atoms with Gasteiger partial charge in [-0.05, 0) is 24.3 Å². The lowest BCUT2D eigenvalue weighted by atomic mass is 10.0. The summed E-state index contributed by atoms with van der Waals surface area (Å²) in [6.07, 6.45) is 2.81. The maximum absolute atomic E-state index is 12.8. The summed E-state index contributed by atoms with van der Waals surface area (Å²) >= 11 is 12.1. The minimum Gasteiger partial charge on any atom is -0.267 e. The molecule has 0 unspecified atom stereocenters.